The Labute approximate surface area is 115 Å². The van der Waals surface area contributed by atoms with Crippen molar-refractivity contribution in [2.24, 2.45) is 5.92 Å². The van der Waals surface area contributed by atoms with Gasteiger partial charge in [0.1, 0.15) is 12.4 Å². The van der Waals surface area contributed by atoms with E-state index in [1.807, 2.05) is 0 Å². The van der Waals surface area contributed by atoms with Crippen molar-refractivity contribution in [1.82, 2.24) is 5.32 Å². The lowest BCUT2D eigenvalue weighted by atomic mass is 10.0. The molecule has 2 rings (SSSR count). The van der Waals surface area contributed by atoms with Gasteiger partial charge >= 0.3 is 5.97 Å². The third-order valence-corrected chi connectivity index (χ3v) is 3.51. The Balaban J connectivity index is 1.97. The van der Waals surface area contributed by atoms with Crippen molar-refractivity contribution >= 4 is 29.2 Å². The van der Waals surface area contributed by atoms with Crippen molar-refractivity contribution in [1.29, 1.82) is 0 Å². The molecule has 2 unspecified atom stereocenters. The van der Waals surface area contributed by atoms with Crippen molar-refractivity contribution in [3.8, 4) is 5.75 Å². The fourth-order valence-electron chi connectivity index (χ4n) is 2.01. The first-order valence-corrected chi connectivity index (χ1v) is 6.37. The maximum absolute atomic E-state index is 11.0. The molecular weight excluding hydrogens is 277 g/mol. The van der Waals surface area contributed by atoms with Gasteiger partial charge in [-0.25, -0.2) is 0 Å². The fourth-order valence-corrected chi connectivity index (χ4v) is 2.47. The fraction of sp³-hybridized carbons (Fsp3) is 0.417. The van der Waals surface area contributed by atoms with Crippen LogP contribution in [-0.4, -0.2) is 30.3 Å². The Morgan fingerprint density at radius 1 is 1.50 bits per heavy atom. The lowest BCUT2D eigenvalue weighted by Crippen LogP contribution is -2.36. The van der Waals surface area contributed by atoms with E-state index in [1.54, 1.807) is 18.2 Å². The third kappa shape index (κ3) is 3.07. The molecule has 6 heteroatoms. The van der Waals surface area contributed by atoms with Crippen LogP contribution >= 0.6 is 23.2 Å². The van der Waals surface area contributed by atoms with Crippen LogP contribution in [0.3, 0.4) is 0 Å². The predicted octanol–water partition coefficient (Wildman–Crippen LogP) is 2.43. The molecule has 0 aromatic heterocycles. The number of benzene rings is 1. The molecule has 1 aliphatic heterocycles. The van der Waals surface area contributed by atoms with E-state index in [0.717, 1.165) is 0 Å². The van der Waals surface area contributed by atoms with E-state index in [0.29, 0.717) is 28.8 Å². The number of rotatable bonds is 4. The number of hydrogen-bond donors (Lipinski definition) is 2. The molecule has 0 radical (unpaired) electrons. The number of carboxylic acids is 1. The van der Waals surface area contributed by atoms with Gasteiger partial charge in [0.2, 0.25) is 0 Å². The summed E-state index contributed by atoms with van der Waals surface area (Å²) in [6.45, 7) is 0.970. The third-order valence-electron chi connectivity index (χ3n) is 2.98. The highest BCUT2D eigenvalue weighted by Crippen LogP contribution is 2.28. The largest absolute Gasteiger partial charge is 0.490 e. The van der Waals surface area contributed by atoms with Crippen LogP contribution in [0.15, 0.2) is 18.2 Å². The second kappa shape index (κ2) is 5.78. The summed E-state index contributed by atoms with van der Waals surface area (Å²) < 4.78 is 5.54. The summed E-state index contributed by atoms with van der Waals surface area (Å²) in [7, 11) is 0. The van der Waals surface area contributed by atoms with Crippen molar-refractivity contribution in [3.63, 3.8) is 0 Å². The minimum atomic E-state index is -0.796. The van der Waals surface area contributed by atoms with E-state index in [4.69, 9.17) is 33.0 Å². The molecule has 1 fully saturated rings. The standard InChI is InChI=1S/C12H13Cl2NO3/c13-7-1-2-11(9(14)5-7)18-6-10-8(12(16)17)3-4-15-10/h1-2,5,8,10,15H,3-4,6H2,(H,16,17). The van der Waals surface area contributed by atoms with Gasteiger partial charge in [-0.2, -0.15) is 0 Å². The molecule has 2 N–H and O–H groups in total. The minimum Gasteiger partial charge on any atom is -0.490 e. The van der Waals surface area contributed by atoms with Crippen LogP contribution in [0.25, 0.3) is 0 Å². The molecular formula is C12H13Cl2NO3. The Morgan fingerprint density at radius 2 is 2.28 bits per heavy atom. The van der Waals surface area contributed by atoms with Crippen LogP contribution < -0.4 is 10.1 Å². The van der Waals surface area contributed by atoms with Gasteiger partial charge in [-0.05, 0) is 31.2 Å². The molecule has 0 amide bonds. The molecule has 18 heavy (non-hydrogen) atoms. The lowest BCUT2D eigenvalue weighted by Gasteiger charge is -2.17. The highest BCUT2D eigenvalue weighted by molar-refractivity contribution is 6.35. The first kappa shape index (κ1) is 13.5. The normalized spacial score (nSPS) is 23.0. The summed E-state index contributed by atoms with van der Waals surface area (Å²) in [5, 5.41) is 13.1. The second-order valence-corrected chi connectivity index (χ2v) is 5.02. The van der Waals surface area contributed by atoms with E-state index in [1.165, 1.54) is 0 Å². The van der Waals surface area contributed by atoms with E-state index in [2.05, 4.69) is 5.32 Å². The number of hydrogen-bond acceptors (Lipinski definition) is 3. The zero-order valence-electron chi connectivity index (χ0n) is 9.53. The van der Waals surface area contributed by atoms with Crippen LogP contribution in [0.2, 0.25) is 10.0 Å². The van der Waals surface area contributed by atoms with E-state index >= 15 is 0 Å². The molecule has 1 aliphatic rings. The van der Waals surface area contributed by atoms with Crippen LogP contribution in [0.5, 0.6) is 5.75 Å². The van der Waals surface area contributed by atoms with Gasteiger partial charge in [-0.15, -0.1) is 0 Å². The molecule has 4 nitrogen and oxygen atoms in total. The number of carboxylic acid groups (broad SMARTS) is 1. The second-order valence-electron chi connectivity index (χ2n) is 4.18. The van der Waals surface area contributed by atoms with Crippen LogP contribution in [0, 0.1) is 5.92 Å². The quantitative estimate of drug-likeness (QED) is 0.894. The van der Waals surface area contributed by atoms with Gasteiger partial charge in [0.15, 0.2) is 0 Å². The molecule has 0 spiro atoms. The van der Waals surface area contributed by atoms with Gasteiger partial charge in [0.25, 0.3) is 0 Å². The average Bonchev–Trinajstić information content (AvgIpc) is 2.76. The van der Waals surface area contributed by atoms with Gasteiger partial charge < -0.3 is 15.2 Å². The first-order chi connectivity index (χ1) is 8.58. The van der Waals surface area contributed by atoms with Crippen LogP contribution in [0.1, 0.15) is 6.42 Å². The molecule has 2 atom stereocenters. The highest BCUT2D eigenvalue weighted by atomic mass is 35.5. The molecule has 1 aromatic carbocycles. The van der Waals surface area contributed by atoms with Crippen molar-refractivity contribution in [3.05, 3.63) is 28.2 Å². The van der Waals surface area contributed by atoms with Crippen LogP contribution in [0.4, 0.5) is 0 Å². The summed E-state index contributed by atoms with van der Waals surface area (Å²) in [6, 6.07) is 4.76. The topological polar surface area (TPSA) is 58.6 Å². The predicted molar refractivity (Wildman–Crippen MR) is 69.5 cm³/mol. The molecule has 1 aromatic rings. The van der Waals surface area contributed by atoms with Crippen LogP contribution in [-0.2, 0) is 4.79 Å². The lowest BCUT2D eigenvalue weighted by molar-refractivity contribution is -0.142. The smallest absolute Gasteiger partial charge is 0.308 e. The number of ether oxygens (including phenoxy) is 1. The first-order valence-electron chi connectivity index (χ1n) is 5.62. The van der Waals surface area contributed by atoms with Crippen molar-refractivity contribution in [2.45, 2.75) is 12.5 Å². The maximum atomic E-state index is 11.0. The maximum Gasteiger partial charge on any atom is 0.308 e. The summed E-state index contributed by atoms with van der Waals surface area (Å²) in [4.78, 5) is 11.0. The molecule has 1 heterocycles. The minimum absolute atomic E-state index is 0.186. The zero-order valence-corrected chi connectivity index (χ0v) is 11.0. The van der Waals surface area contributed by atoms with Crippen molar-refractivity contribution < 1.29 is 14.6 Å². The van der Waals surface area contributed by atoms with Gasteiger partial charge in [-0.3, -0.25) is 4.79 Å². The van der Waals surface area contributed by atoms with Crippen molar-refractivity contribution in [2.75, 3.05) is 13.2 Å². The van der Waals surface area contributed by atoms with Gasteiger partial charge in [0.05, 0.1) is 17.0 Å². The Hall–Kier alpha value is -0.970. The highest BCUT2D eigenvalue weighted by Gasteiger charge is 2.33. The Bertz CT molecular complexity index is 453. The van der Waals surface area contributed by atoms with Gasteiger partial charge in [-0.1, -0.05) is 23.2 Å². The zero-order chi connectivity index (χ0) is 13.1. The monoisotopic (exact) mass is 289 g/mol. The Kier molecular flexibility index (Phi) is 4.32. The Morgan fingerprint density at radius 3 is 2.94 bits per heavy atom. The van der Waals surface area contributed by atoms with E-state index in [9.17, 15) is 4.79 Å². The summed E-state index contributed by atoms with van der Waals surface area (Å²) in [5.41, 5.74) is 0. The molecule has 0 saturated carbocycles. The SMILES string of the molecule is O=C(O)C1CCNC1COc1ccc(Cl)cc1Cl. The van der Waals surface area contributed by atoms with Gasteiger partial charge in [0, 0.05) is 5.02 Å². The number of aliphatic carboxylic acids is 1. The van der Waals surface area contributed by atoms with E-state index < -0.39 is 11.9 Å². The number of carbonyl (C=O) groups is 1. The molecule has 0 bridgehead atoms. The number of nitrogens with one attached hydrogen (secondary N) is 1. The van der Waals surface area contributed by atoms with E-state index in [-0.39, 0.29) is 12.6 Å². The molecule has 1 saturated heterocycles. The summed E-state index contributed by atoms with van der Waals surface area (Å²) in [5.74, 6) is -0.689. The molecule has 98 valence electrons. The summed E-state index contributed by atoms with van der Waals surface area (Å²) >= 11 is 11.7. The molecule has 0 aliphatic carbocycles. The average molecular weight is 290 g/mol. The number of halogens is 2. The summed E-state index contributed by atoms with van der Waals surface area (Å²) in [6.07, 6.45) is 0.623.